The van der Waals surface area contributed by atoms with Gasteiger partial charge in [-0.1, -0.05) is 178 Å². The lowest BCUT2D eigenvalue weighted by molar-refractivity contribution is -0.332. The molecule has 0 aromatic heterocycles. The van der Waals surface area contributed by atoms with E-state index in [9.17, 15) is 45.3 Å². The number of hydrogen-bond donors (Lipinski definition) is 7. The van der Waals surface area contributed by atoms with Crippen LogP contribution < -0.4 is 0 Å². The van der Waals surface area contributed by atoms with Gasteiger partial charge in [0.25, 0.3) is 0 Å². The maximum Gasteiger partial charge on any atom is 0.306 e. The zero-order chi connectivity index (χ0) is 51.0. The molecule has 2 fully saturated rings. The number of carbonyl (C=O) groups excluding carboxylic acids is 2. The van der Waals surface area contributed by atoms with Gasteiger partial charge >= 0.3 is 11.9 Å². The van der Waals surface area contributed by atoms with Crippen molar-refractivity contribution in [3.05, 3.63) is 48.6 Å². The Morgan fingerprint density at radius 3 is 1.41 bits per heavy atom. The summed E-state index contributed by atoms with van der Waals surface area (Å²) in [6.45, 7) is 2.47. The molecular formula is C55H96O15. The van der Waals surface area contributed by atoms with Crippen molar-refractivity contribution in [2.24, 2.45) is 0 Å². The number of aliphatic hydroxyl groups is 7. The number of ether oxygens (including phenoxy) is 6. The molecule has 0 aromatic carbocycles. The van der Waals surface area contributed by atoms with E-state index in [2.05, 4.69) is 62.5 Å². The fourth-order valence-corrected chi connectivity index (χ4v) is 8.38. The molecule has 0 aromatic rings. The van der Waals surface area contributed by atoms with Crippen molar-refractivity contribution in [2.75, 3.05) is 26.4 Å². The van der Waals surface area contributed by atoms with E-state index in [-0.39, 0.29) is 26.1 Å². The standard InChI is InChI=1S/C55H96O15/c1-3-5-7-9-11-13-15-16-17-18-19-20-21-22-23-24-25-26-28-30-32-34-36-38-47(58)68-43(40-65-46(57)37-35-33-31-29-27-14-12-10-8-6-4-2)41-66-54-53(64)51(62)49(60)45(70-54)42-67-55-52(63)50(61)48(59)44(39-56)69-55/h5,7,11,13,16-17,19-20,43-45,48-56,59-64H,3-4,6,8-10,12,14-15,18,21-42H2,1-2H3/b7-5-,13-11-,17-16-,20-19-. The van der Waals surface area contributed by atoms with Gasteiger partial charge in [0.15, 0.2) is 18.7 Å². The van der Waals surface area contributed by atoms with Gasteiger partial charge in [-0.2, -0.15) is 0 Å². The summed E-state index contributed by atoms with van der Waals surface area (Å²) in [5.74, 6) is -0.927. The van der Waals surface area contributed by atoms with Crippen molar-refractivity contribution < 1.29 is 73.8 Å². The molecule has 0 saturated carbocycles. The Hall–Kier alpha value is -2.54. The lowest BCUT2D eigenvalue weighted by Crippen LogP contribution is -2.61. The van der Waals surface area contributed by atoms with Gasteiger partial charge in [-0.05, 0) is 51.4 Å². The highest BCUT2D eigenvalue weighted by Gasteiger charge is 2.47. The van der Waals surface area contributed by atoms with Crippen molar-refractivity contribution in [3.8, 4) is 0 Å². The van der Waals surface area contributed by atoms with Crippen molar-refractivity contribution in [2.45, 2.75) is 261 Å². The summed E-state index contributed by atoms with van der Waals surface area (Å²) >= 11 is 0. The first-order chi connectivity index (χ1) is 34.0. The smallest absolute Gasteiger partial charge is 0.306 e. The molecule has 2 saturated heterocycles. The summed E-state index contributed by atoms with van der Waals surface area (Å²) in [5, 5.41) is 72.1. The van der Waals surface area contributed by atoms with Gasteiger partial charge < -0.3 is 64.2 Å². The third-order valence-corrected chi connectivity index (χ3v) is 12.8. The molecule has 406 valence electrons. The van der Waals surface area contributed by atoms with Crippen LogP contribution in [0.5, 0.6) is 0 Å². The summed E-state index contributed by atoms with van der Waals surface area (Å²) in [5.41, 5.74) is 0. The first-order valence-electron chi connectivity index (χ1n) is 27.2. The number of allylic oxidation sites excluding steroid dienone is 8. The predicted octanol–water partition coefficient (Wildman–Crippen LogP) is 8.27. The van der Waals surface area contributed by atoms with Crippen LogP contribution in [0.15, 0.2) is 48.6 Å². The van der Waals surface area contributed by atoms with E-state index >= 15 is 0 Å². The van der Waals surface area contributed by atoms with Crippen LogP contribution in [0.25, 0.3) is 0 Å². The van der Waals surface area contributed by atoms with Crippen LogP contribution in [0.4, 0.5) is 0 Å². The van der Waals surface area contributed by atoms with E-state index in [0.29, 0.717) is 12.8 Å². The first-order valence-corrected chi connectivity index (χ1v) is 27.2. The molecule has 15 nitrogen and oxygen atoms in total. The zero-order valence-electron chi connectivity index (χ0n) is 43.0. The normalized spacial score (nSPS) is 25.7. The Kier molecular flexibility index (Phi) is 38.0. The van der Waals surface area contributed by atoms with Crippen LogP contribution in [0, 0.1) is 0 Å². The summed E-state index contributed by atoms with van der Waals surface area (Å²) in [4.78, 5) is 25.8. The number of aliphatic hydroxyl groups excluding tert-OH is 7. The molecule has 0 amide bonds. The minimum atomic E-state index is -1.76. The maximum absolute atomic E-state index is 13.0. The van der Waals surface area contributed by atoms with Crippen LogP contribution in [0.1, 0.15) is 194 Å². The van der Waals surface area contributed by atoms with E-state index in [0.717, 1.165) is 77.0 Å². The van der Waals surface area contributed by atoms with Crippen LogP contribution >= 0.6 is 0 Å². The largest absolute Gasteiger partial charge is 0.462 e. The molecule has 0 aliphatic carbocycles. The summed E-state index contributed by atoms with van der Waals surface area (Å²) in [7, 11) is 0. The molecule has 2 heterocycles. The average molecular weight is 997 g/mol. The van der Waals surface area contributed by atoms with Crippen molar-refractivity contribution in [3.63, 3.8) is 0 Å². The lowest BCUT2D eigenvalue weighted by atomic mass is 9.98. The molecule has 0 radical (unpaired) electrons. The fraction of sp³-hybridized carbons (Fsp3) is 0.818. The van der Waals surface area contributed by atoms with Gasteiger partial charge in [0.2, 0.25) is 0 Å². The van der Waals surface area contributed by atoms with E-state index in [1.165, 1.54) is 77.0 Å². The van der Waals surface area contributed by atoms with Crippen LogP contribution in [-0.4, -0.2) is 142 Å². The summed E-state index contributed by atoms with van der Waals surface area (Å²) in [6.07, 6.45) is 30.0. The summed E-state index contributed by atoms with van der Waals surface area (Å²) in [6, 6.07) is 0. The third kappa shape index (κ3) is 29.2. The molecule has 11 atom stereocenters. The van der Waals surface area contributed by atoms with Gasteiger partial charge in [0.05, 0.1) is 19.8 Å². The van der Waals surface area contributed by atoms with Crippen molar-refractivity contribution in [1.29, 1.82) is 0 Å². The van der Waals surface area contributed by atoms with E-state index in [1.54, 1.807) is 0 Å². The second-order valence-corrected chi connectivity index (χ2v) is 19.0. The lowest BCUT2D eigenvalue weighted by Gasteiger charge is -2.42. The van der Waals surface area contributed by atoms with Crippen molar-refractivity contribution in [1.82, 2.24) is 0 Å². The number of esters is 2. The molecule has 2 rings (SSSR count). The topological polar surface area (TPSA) is 231 Å². The van der Waals surface area contributed by atoms with Crippen LogP contribution in [0.3, 0.4) is 0 Å². The van der Waals surface area contributed by atoms with Crippen LogP contribution in [0.2, 0.25) is 0 Å². The highest BCUT2D eigenvalue weighted by molar-refractivity contribution is 5.70. The summed E-state index contributed by atoms with van der Waals surface area (Å²) < 4.78 is 33.6. The van der Waals surface area contributed by atoms with E-state index < -0.39 is 92.7 Å². The number of hydrogen-bond acceptors (Lipinski definition) is 15. The van der Waals surface area contributed by atoms with Gasteiger partial charge in [-0.15, -0.1) is 0 Å². The minimum absolute atomic E-state index is 0.160. The number of unbranched alkanes of at least 4 members (excludes halogenated alkanes) is 20. The monoisotopic (exact) mass is 997 g/mol. The highest BCUT2D eigenvalue weighted by atomic mass is 16.7. The molecular weight excluding hydrogens is 901 g/mol. The Morgan fingerprint density at radius 2 is 0.900 bits per heavy atom. The minimum Gasteiger partial charge on any atom is -0.462 e. The average Bonchev–Trinajstić information content (AvgIpc) is 3.35. The quantitative estimate of drug-likeness (QED) is 0.0173. The molecule has 15 heteroatoms. The van der Waals surface area contributed by atoms with Gasteiger partial charge in [0.1, 0.15) is 55.4 Å². The SMILES string of the molecule is CC/C=C\C/C=C\C/C=C\C/C=C\CCCCCCCCCCCCC(=O)OC(COC(=O)CCCCCCCCCCCCC)COC1OC(COC2OC(CO)C(O)C(O)C2O)C(O)C(O)C1O. The molecule has 7 N–H and O–H groups in total. The zero-order valence-corrected chi connectivity index (χ0v) is 43.0. The Bertz CT molecular complexity index is 1400. The molecule has 0 bridgehead atoms. The Balaban J connectivity index is 1.75. The molecule has 70 heavy (non-hydrogen) atoms. The fourth-order valence-electron chi connectivity index (χ4n) is 8.38. The highest BCUT2D eigenvalue weighted by Crippen LogP contribution is 2.26. The molecule has 0 spiro atoms. The van der Waals surface area contributed by atoms with Gasteiger partial charge in [0, 0.05) is 12.8 Å². The first kappa shape index (κ1) is 63.6. The Labute approximate surface area is 420 Å². The van der Waals surface area contributed by atoms with E-state index in [4.69, 9.17) is 28.4 Å². The molecule has 11 unspecified atom stereocenters. The number of carbonyl (C=O) groups is 2. The third-order valence-electron chi connectivity index (χ3n) is 12.8. The second-order valence-electron chi connectivity index (χ2n) is 19.0. The maximum atomic E-state index is 13.0. The predicted molar refractivity (Wildman–Crippen MR) is 270 cm³/mol. The Morgan fingerprint density at radius 1 is 0.471 bits per heavy atom. The van der Waals surface area contributed by atoms with Gasteiger partial charge in [-0.25, -0.2) is 0 Å². The van der Waals surface area contributed by atoms with Crippen molar-refractivity contribution >= 4 is 11.9 Å². The van der Waals surface area contributed by atoms with Gasteiger partial charge in [-0.3, -0.25) is 9.59 Å². The second kappa shape index (κ2) is 41.9. The molecule has 2 aliphatic rings. The molecule has 2 aliphatic heterocycles. The van der Waals surface area contributed by atoms with Crippen LogP contribution in [-0.2, 0) is 38.0 Å². The number of rotatable bonds is 42. The van der Waals surface area contributed by atoms with E-state index in [1.807, 2.05) is 0 Å².